The lowest BCUT2D eigenvalue weighted by Crippen LogP contribution is -2.50. The highest BCUT2D eigenvalue weighted by atomic mass is 19.1. The van der Waals surface area contributed by atoms with Crippen molar-refractivity contribution in [3.63, 3.8) is 0 Å². The van der Waals surface area contributed by atoms with E-state index in [9.17, 15) is 9.18 Å². The van der Waals surface area contributed by atoms with Gasteiger partial charge >= 0.3 is 0 Å². The second-order valence-electron chi connectivity index (χ2n) is 11.1. The van der Waals surface area contributed by atoms with Crippen molar-refractivity contribution in [1.29, 1.82) is 0 Å². The van der Waals surface area contributed by atoms with Gasteiger partial charge in [0.1, 0.15) is 17.3 Å². The van der Waals surface area contributed by atoms with Crippen LogP contribution >= 0.6 is 0 Å². The number of ether oxygens (including phenoxy) is 3. The molecule has 0 saturated carbocycles. The van der Waals surface area contributed by atoms with Crippen LogP contribution < -0.4 is 14.4 Å². The molecule has 212 valence electrons. The minimum atomic E-state index is -0.209. The van der Waals surface area contributed by atoms with Crippen molar-refractivity contribution in [3.8, 4) is 11.5 Å². The molecule has 2 aliphatic heterocycles. The molecule has 0 aliphatic carbocycles. The molecule has 3 aromatic rings. The third-order valence-corrected chi connectivity index (χ3v) is 8.22. The van der Waals surface area contributed by atoms with Gasteiger partial charge in [0.15, 0.2) is 6.61 Å². The van der Waals surface area contributed by atoms with E-state index in [1.54, 1.807) is 19.2 Å². The van der Waals surface area contributed by atoms with Crippen molar-refractivity contribution >= 4 is 11.6 Å². The van der Waals surface area contributed by atoms with Crippen molar-refractivity contribution in [1.82, 2.24) is 4.90 Å². The van der Waals surface area contributed by atoms with E-state index in [1.807, 2.05) is 53.4 Å². The highest BCUT2D eigenvalue weighted by molar-refractivity contribution is 5.78. The second-order valence-corrected chi connectivity index (χ2v) is 11.1. The predicted octanol–water partition coefficient (Wildman–Crippen LogP) is 6.08. The fourth-order valence-corrected chi connectivity index (χ4v) is 5.85. The molecule has 2 fully saturated rings. The summed E-state index contributed by atoms with van der Waals surface area (Å²) in [5.74, 6) is 2.13. The molecular formula is C33H39FN2O4. The van der Waals surface area contributed by atoms with Crippen molar-refractivity contribution in [2.45, 2.75) is 32.3 Å². The van der Waals surface area contributed by atoms with Crippen LogP contribution in [0.5, 0.6) is 11.5 Å². The highest BCUT2D eigenvalue weighted by Gasteiger charge is 2.35. The van der Waals surface area contributed by atoms with Gasteiger partial charge in [0.25, 0.3) is 5.91 Å². The number of hydrogen-bond acceptors (Lipinski definition) is 5. The summed E-state index contributed by atoms with van der Waals surface area (Å²) in [4.78, 5) is 17.1. The Bertz CT molecular complexity index is 1270. The van der Waals surface area contributed by atoms with E-state index in [2.05, 4.69) is 24.8 Å². The molecule has 3 atom stereocenters. The van der Waals surface area contributed by atoms with Gasteiger partial charge in [0.2, 0.25) is 0 Å². The van der Waals surface area contributed by atoms with Crippen LogP contribution in [0.4, 0.5) is 10.1 Å². The minimum Gasteiger partial charge on any atom is -0.497 e. The highest BCUT2D eigenvalue weighted by Crippen LogP contribution is 2.44. The molecular weight excluding hydrogens is 507 g/mol. The summed E-state index contributed by atoms with van der Waals surface area (Å²) < 4.78 is 31.5. The van der Waals surface area contributed by atoms with Crippen molar-refractivity contribution in [3.05, 3.63) is 89.7 Å². The zero-order chi connectivity index (χ0) is 28.1. The molecule has 6 nitrogen and oxygen atoms in total. The van der Waals surface area contributed by atoms with Gasteiger partial charge in [0.05, 0.1) is 19.8 Å². The van der Waals surface area contributed by atoms with Crippen LogP contribution in [0.15, 0.2) is 72.8 Å². The topological polar surface area (TPSA) is 51.2 Å². The quantitative estimate of drug-likeness (QED) is 0.343. The maximum absolute atomic E-state index is 13.8. The van der Waals surface area contributed by atoms with Crippen LogP contribution in [0.2, 0.25) is 0 Å². The second kappa shape index (κ2) is 12.7. The van der Waals surface area contributed by atoms with Gasteiger partial charge in [-0.05, 0) is 77.9 Å². The Hall–Kier alpha value is -3.58. The molecule has 2 saturated heterocycles. The number of nitrogens with zero attached hydrogens (tertiary/aromatic N) is 2. The Morgan fingerprint density at radius 1 is 0.950 bits per heavy atom. The Morgan fingerprint density at radius 3 is 2.38 bits per heavy atom. The molecule has 0 aromatic heterocycles. The van der Waals surface area contributed by atoms with Gasteiger partial charge in [-0.1, -0.05) is 38.1 Å². The average Bonchev–Trinajstić information content (AvgIpc) is 3.00. The fraction of sp³-hybridized carbons (Fsp3) is 0.424. The molecule has 0 spiro atoms. The number of anilines is 1. The van der Waals surface area contributed by atoms with Crippen molar-refractivity contribution in [2.24, 2.45) is 11.8 Å². The molecule has 0 N–H and O–H groups in total. The number of carbonyl (C=O) groups is 1. The molecule has 5 rings (SSSR count). The normalized spacial score (nSPS) is 21.4. The fourth-order valence-electron chi connectivity index (χ4n) is 5.85. The number of carbonyl (C=O) groups excluding carboxylic acids is 1. The van der Waals surface area contributed by atoms with E-state index in [1.165, 1.54) is 6.07 Å². The van der Waals surface area contributed by atoms with Gasteiger partial charge in [-0.25, -0.2) is 4.39 Å². The molecule has 3 aromatic carbocycles. The van der Waals surface area contributed by atoms with E-state index in [0.29, 0.717) is 31.4 Å². The molecule has 2 heterocycles. The van der Waals surface area contributed by atoms with E-state index >= 15 is 0 Å². The average molecular weight is 547 g/mol. The van der Waals surface area contributed by atoms with E-state index in [0.717, 1.165) is 42.1 Å². The van der Waals surface area contributed by atoms with Gasteiger partial charge in [0, 0.05) is 37.8 Å². The van der Waals surface area contributed by atoms with E-state index in [-0.39, 0.29) is 36.3 Å². The number of methoxy groups -OCH3 is 1. The van der Waals surface area contributed by atoms with Crippen molar-refractivity contribution in [2.75, 3.05) is 51.4 Å². The lowest BCUT2D eigenvalue weighted by Gasteiger charge is -2.39. The predicted molar refractivity (Wildman–Crippen MR) is 155 cm³/mol. The number of benzene rings is 3. The molecule has 0 bridgehead atoms. The van der Waals surface area contributed by atoms with Crippen LogP contribution in [-0.4, -0.2) is 57.3 Å². The molecule has 7 heteroatoms. The van der Waals surface area contributed by atoms with Crippen LogP contribution in [0.3, 0.4) is 0 Å². The third kappa shape index (κ3) is 6.58. The molecule has 0 radical (unpaired) electrons. The first-order valence-electron chi connectivity index (χ1n) is 14.2. The van der Waals surface area contributed by atoms with Gasteiger partial charge < -0.3 is 24.0 Å². The summed E-state index contributed by atoms with van der Waals surface area (Å²) >= 11 is 0. The Labute approximate surface area is 236 Å². The lowest BCUT2D eigenvalue weighted by atomic mass is 9.76. The van der Waals surface area contributed by atoms with E-state index in [4.69, 9.17) is 14.2 Å². The summed E-state index contributed by atoms with van der Waals surface area (Å²) in [6, 6.07) is 22.8. The Kier molecular flexibility index (Phi) is 8.90. The van der Waals surface area contributed by atoms with Crippen molar-refractivity contribution < 1.29 is 23.4 Å². The van der Waals surface area contributed by atoms with Crippen LogP contribution in [-0.2, 0) is 9.53 Å². The summed E-state index contributed by atoms with van der Waals surface area (Å²) in [6.07, 6.45) is 0.854. The lowest BCUT2D eigenvalue weighted by molar-refractivity contribution is -0.133. The zero-order valence-electron chi connectivity index (χ0n) is 23.6. The SMILES string of the molecule is COc1ccc(N2CCN(C(=O)COc3cccc([C@@H]4OC[C@@H](c5cccc(F)c5)C[C@H]4C(C)C)c3)CC2)cc1. The van der Waals surface area contributed by atoms with Gasteiger partial charge in [-0.2, -0.15) is 0 Å². The third-order valence-electron chi connectivity index (χ3n) is 8.22. The first-order valence-corrected chi connectivity index (χ1v) is 14.2. The summed E-state index contributed by atoms with van der Waals surface area (Å²) in [5.41, 5.74) is 3.17. The number of rotatable bonds is 8. The summed E-state index contributed by atoms with van der Waals surface area (Å²) in [7, 11) is 1.66. The molecule has 1 amide bonds. The first kappa shape index (κ1) is 28.0. The maximum Gasteiger partial charge on any atom is 0.260 e. The molecule has 2 aliphatic rings. The molecule has 40 heavy (non-hydrogen) atoms. The maximum atomic E-state index is 13.8. The largest absolute Gasteiger partial charge is 0.497 e. The van der Waals surface area contributed by atoms with Crippen LogP contribution in [0.1, 0.15) is 43.4 Å². The summed E-state index contributed by atoms with van der Waals surface area (Å²) in [6.45, 7) is 7.85. The number of piperazine rings is 1. The van der Waals surface area contributed by atoms with Gasteiger partial charge in [-0.15, -0.1) is 0 Å². The van der Waals surface area contributed by atoms with Crippen LogP contribution in [0.25, 0.3) is 0 Å². The number of amides is 1. The first-order chi connectivity index (χ1) is 19.4. The minimum absolute atomic E-state index is 0.00671. The number of halogens is 1. The standard InChI is InChI=1S/C33H39FN2O4/c1-23(2)31-20-26(24-6-4-8-27(34)18-24)21-40-33(31)25-7-5-9-30(19-25)39-22-32(37)36-16-14-35(15-17-36)28-10-12-29(38-3)13-11-28/h4-13,18-19,23,26,31,33H,14-17,20-22H2,1-3H3/t26-,31-,33-/m0/s1. The van der Waals surface area contributed by atoms with Crippen LogP contribution in [0, 0.1) is 17.7 Å². The monoisotopic (exact) mass is 546 g/mol. The Morgan fingerprint density at radius 2 is 1.68 bits per heavy atom. The van der Waals surface area contributed by atoms with E-state index < -0.39 is 0 Å². The number of hydrogen-bond donors (Lipinski definition) is 0. The summed E-state index contributed by atoms with van der Waals surface area (Å²) in [5, 5.41) is 0. The molecule has 0 unspecified atom stereocenters. The smallest absolute Gasteiger partial charge is 0.260 e. The zero-order valence-corrected chi connectivity index (χ0v) is 23.6. The Balaban J connectivity index is 1.16. The van der Waals surface area contributed by atoms with Gasteiger partial charge in [-0.3, -0.25) is 4.79 Å².